The van der Waals surface area contributed by atoms with Crippen molar-refractivity contribution in [3.63, 3.8) is 0 Å². The average molecular weight is 312 g/mol. The highest BCUT2D eigenvalue weighted by Gasteiger charge is 2.38. The summed E-state index contributed by atoms with van der Waals surface area (Å²) in [6, 6.07) is 2.60. The van der Waals surface area contributed by atoms with E-state index in [-0.39, 0.29) is 17.4 Å². The minimum absolute atomic E-state index is 0.120. The number of benzene rings is 1. The van der Waals surface area contributed by atoms with Crippen molar-refractivity contribution in [2.75, 3.05) is 6.54 Å². The molecule has 2 amide bonds. The summed E-state index contributed by atoms with van der Waals surface area (Å²) >= 11 is 0. The Morgan fingerprint density at radius 3 is 2.91 bits per heavy atom. The molecule has 0 atom stereocenters. The van der Waals surface area contributed by atoms with Crippen molar-refractivity contribution in [3.05, 3.63) is 34.8 Å². The normalized spacial score (nSPS) is 19.4. The number of nitrogens with one attached hydrogen (secondary N) is 2. The third-order valence-corrected chi connectivity index (χ3v) is 4.69. The molecule has 0 spiro atoms. The van der Waals surface area contributed by atoms with Crippen LogP contribution < -0.4 is 5.43 Å². The molecule has 1 aromatic carbocycles. The highest BCUT2D eigenvalue weighted by atomic mass is 19.1. The number of nitrogens with zero attached hydrogens (tertiary/aromatic N) is 2. The third-order valence-electron chi connectivity index (χ3n) is 4.69. The first-order chi connectivity index (χ1) is 11.1. The Balaban J connectivity index is 1.73. The largest absolute Gasteiger partial charge is 0.356 e. The van der Waals surface area contributed by atoms with Gasteiger partial charge in [0.1, 0.15) is 5.82 Å². The molecule has 0 unspecified atom stereocenters. The number of hydrogen-bond acceptors (Lipinski definition) is 3. The van der Waals surface area contributed by atoms with Crippen molar-refractivity contribution in [1.29, 1.82) is 0 Å². The first-order valence-electron chi connectivity index (χ1n) is 7.62. The van der Waals surface area contributed by atoms with E-state index in [9.17, 15) is 14.0 Å². The van der Waals surface area contributed by atoms with E-state index in [4.69, 9.17) is 0 Å². The maximum atomic E-state index is 13.8. The molecule has 1 saturated carbocycles. The number of rotatable bonds is 1. The van der Waals surface area contributed by atoms with Gasteiger partial charge in [-0.1, -0.05) is 0 Å². The number of carbonyl (C=O) groups excluding carboxylic acids is 2. The van der Waals surface area contributed by atoms with Crippen molar-refractivity contribution >= 4 is 28.4 Å². The van der Waals surface area contributed by atoms with Gasteiger partial charge in [0.2, 0.25) is 5.91 Å². The van der Waals surface area contributed by atoms with Crippen LogP contribution in [-0.4, -0.2) is 34.0 Å². The van der Waals surface area contributed by atoms with E-state index in [1.807, 2.05) is 0 Å². The second-order valence-corrected chi connectivity index (χ2v) is 6.32. The molecule has 0 bridgehead atoms. The summed E-state index contributed by atoms with van der Waals surface area (Å²) in [4.78, 5) is 29.5. The molecule has 6 nitrogen and oxygen atoms in total. The van der Waals surface area contributed by atoms with Crippen molar-refractivity contribution in [2.45, 2.75) is 19.4 Å². The molecule has 0 saturated heterocycles. The zero-order valence-electron chi connectivity index (χ0n) is 12.1. The molecule has 2 aliphatic heterocycles. The molecule has 5 rings (SSSR count). The molecule has 1 aliphatic carbocycles. The maximum Gasteiger partial charge on any atom is 0.272 e. The van der Waals surface area contributed by atoms with Gasteiger partial charge in [0.25, 0.3) is 5.91 Å². The number of H-pyrrole nitrogens is 1. The zero-order chi connectivity index (χ0) is 15.7. The van der Waals surface area contributed by atoms with Crippen LogP contribution in [0.2, 0.25) is 0 Å². The summed E-state index contributed by atoms with van der Waals surface area (Å²) in [5.74, 6) is -0.664. The molecule has 23 heavy (non-hydrogen) atoms. The van der Waals surface area contributed by atoms with Gasteiger partial charge in [-0.15, -0.1) is 0 Å². The van der Waals surface area contributed by atoms with Crippen LogP contribution in [0.25, 0.3) is 10.9 Å². The van der Waals surface area contributed by atoms with E-state index in [1.165, 1.54) is 12.1 Å². The Hall–Kier alpha value is -2.70. The number of carbonyl (C=O) groups is 2. The monoisotopic (exact) mass is 312 g/mol. The average Bonchev–Trinajstić information content (AvgIpc) is 3.31. The van der Waals surface area contributed by atoms with Gasteiger partial charge in [0.05, 0.1) is 29.9 Å². The Bertz CT molecular complexity index is 926. The van der Waals surface area contributed by atoms with Crippen LogP contribution in [0.4, 0.5) is 4.39 Å². The van der Waals surface area contributed by atoms with Gasteiger partial charge in [0.15, 0.2) is 0 Å². The van der Waals surface area contributed by atoms with Gasteiger partial charge in [-0.05, 0) is 25.0 Å². The minimum Gasteiger partial charge on any atom is -0.356 e. The van der Waals surface area contributed by atoms with Crippen LogP contribution in [0, 0.1) is 11.7 Å². The standard InChI is InChI=1S/C16H13FN4O2/c17-8-3-9-13-10(4-8)18-11-5-21(16(23)7-1-2-7)6-12(14(11)13)19-20-15(9)22/h3-4,7,18H,1-2,5-6H2,(H,20,22). The molecule has 1 fully saturated rings. The van der Waals surface area contributed by atoms with Crippen LogP contribution in [0.3, 0.4) is 0 Å². The number of aromatic nitrogens is 1. The highest BCUT2D eigenvalue weighted by molar-refractivity contribution is 6.21. The number of hydrazone groups is 1. The smallest absolute Gasteiger partial charge is 0.272 e. The van der Waals surface area contributed by atoms with Crippen molar-refractivity contribution in [2.24, 2.45) is 11.0 Å². The lowest BCUT2D eigenvalue weighted by Crippen LogP contribution is -2.40. The van der Waals surface area contributed by atoms with Crippen LogP contribution in [0.15, 0.2) is 17.2 Å². The molecular formula is C16H13FN4O2. The number of amides is 2. The number of halogens is 1. The minimum atomic E-state index is -0.476. The van der Waals surface area contributed by atoms with E-state index >= 15 is 0 Å². The predicted molar refractivity (Wildman–Crippen MR) is 80.4 cm³/mol. The van der Waals surface area contributed by atoms with E-state index in [1.54, 1.807) is 4.90 Å². The summed E-state index contributed by atoms with van der Waals surface area (Å²) < 4.78 is 13.8. The Morgan fingerprint density at radius 1 is 1.30 bits per heavy atom. The van der Waals surface area contributed by atoms with E-state index in [0.717, 1.165) is 24.1 Å². The SMILES string of the molecule is O=C1NN=C2CN(C(=O)C3CC3)Cc3[nH]c4cc(F)cc1c4c32. The molecular weight excluding hydrogens is 299 g/mol. The van der Waals surface area contributed by atoms with Gasteiger partial charge < -0.3 is 9.88 Å². The summed E-state index contributed by atoms with van der Waals surface area (Å²) in [6.45, 7) is 0.806. The first kappa shape index (κ1) is 12.8. The van der Waals surface area contributed by atoms with Crippen molar-refractivity contribution in [3.8, 4) is 0 Å². The van der Waals surface area contributed by atoms with Gasteiger partial charge in [0, 0.05) is 22.6 Å². The molecule has 2 aromatic rings. The number of hydrogen-bond donors (Lipinski definition) is 2. The second kappa shape index (κ2) is 4.18. The van der Waals surface area contributed by atoms with Crippen molar-refractivity contribution < 1.29 is 14.0 Å². The van der Waals surface area contributed by atoms with Crippen molar-refractivity contribution in [1.82, 2.24) is 15.3 Å². The van der Waals surface area contributed by atoms with Crippen LogP contribution >= 0.6 is 0 Å². The van der Waals surface area contributed by atoms with Crippen LogP contribution in [0.5, 0.6) is 0 Å². The lowest BCUT2D eigenvalue weighted by atomic mass is 9.98. The Morgan fingerprint density at radius 2 is 2.13 bits per heavy atom. The Labute approximate surface area is 130 Å². The predicted octanol–water partition coefficient (Wildman–Crippen LogP) is 1.51. The van der Waals surface area contributed by atoms with Crippen LogP contribution in [0.1, 0.15) is 34.5 Å². The molecule has 1 aromatic heterocycles. The molecule has 7 heteroatoms. The molecule has 116 valence electrons. The summed E-state index contributed by atoms with van der Waals surface area (Å²) in [5, 5.41) is 4.86. The van der Waals surface area contributed by atoms with Gasteiger partial charge >= 0.3 is 0 Å². The fourth-order valence-electron chi connectivity index (χ4n) is 3.49. The molecule has 2 N–H and O–H groups in total. The summed E-state index contributed by atoms with van der Waals surface area (Å²) in [6.07, 6.45) is 1.88. The molecule has 3 aliphatic rings. The van der Waals surface area contributed by atoms with Gasteiger partial charge in [-0.3, -0.25) is 9.59 Å². The molecule has 0 radical (unpaired) electrons. The van der Waals surface area contributed by atoms with E-state index in [2.05, 4.69) is 15.5 Å². The zero-order valence-corrected chi connectivity index (χ0v) is 12.1. The van der Waals surface area contributed by atoms with E-state index in [0.29, 0.717) is 29.7 Å². The second-order valence-electron chi connectivity index (χ2n) is 6.32. The fourth-order valence-corrected chi connectivity index (χ4v) is 3.49. The quantitative estimate of drug-likeness (QED) is 0.837. The van der Waals surface area contributed by atoms with Crippen LogP contribution in [-0.2, 0) is 11.3 Å². The third kappa shape index (κ3) is 1.76. The maximum absolute atomic E-state index is 13.8. The fraction of sp³-hybridized carbons (Fsp3) is 0.312. The molecule has 3 heterocycles. The first-order valence-corrected chi connectivity index (χ1v) is 7.62. The highest BCUT2D eigenvalue weighted by Crippen LogP contribution is 2.36. The number of aromatic amines is 1. The summed E-state index contributed by atoms with van der Waals surface area (Å²) in [7, 11) is 0. The summed E-state index contributed by atoms with van der Waals surface area (Å²) in [5.41, 5.74) is 5.58. The van der Waals surface area contributed by atoms with Gasteiger partial charge in [-0.2, -0.15) is 5.10 Å². The van der Waals surface area contributed by atoms with Gasteiger partial charge in [-0.25, -0.2) is 9.82 Å². The lowest BCUT2D eigenvalue weighted by Gasteiger charge is -2.28. The Kier molecular flexibility index (Phi) is 2.33. The van der Waals surface area contributed by atoms with E-state index < -0.39 is 11.7 Å². The topological polar surface area (TPSA) is 77.6 Å². The lowest BCUT2D eigenvalue weighted by molar-refractivity contribution is -0.132.